The summed E-state index contributed by atoms with van der Waals surface area (Å²) in [7, 11) is 2.16. The third-order valence-electron chi connectivity index (χ3n) is 4.07. The van der Waals surface area contributed by atoms with E-state index in [1.807, 2.05) is 6.08 Å². The van der Waals surface area contributed by atoms with Gasteiger partial charge in [-0.1, -0.05) is 33.8 Å². The molecule has 0 aromatic carbocycles. The van der Waals surface area contributed by atoms with Gasteiger partial charge in [0.2, 0.25) is 0 Å². The highest BCUT2D eigenvalue weighted by Crippen LogP contribution is 2.32. The Morgan fingerprint density at radius 1 is 1.27 bits per heavy atom. The number of halogens is 1. The standard InChI is InChI=1S/C18H24BrN3/c1-3-6-15-16(9-10-20)18(8-5-4-7-17(15)19)22-13-11-21(2)12-14-22/h3,5,7,10,20H,1,4,6,9,11-14H2,2H3. The molecule has 0 aromatic rings. The van der Waals surface area contributed by atoms with Crippen LogP contribution in [0.4, 0.5) is 0 Å². The normalized spacial score (nSPS) is 20.2. The molecule has 0 amide bonds. The smallest absolute Gasteiger partial charge is 0.0837 e. The van der Waals surface area contributed by atoms with E-state index < -0.39 is 0 Å². The summed E-state index contributed by atoms with van der Waals surface area (Å²) in [6, 6.07) is 0. The number of piperazine rings is 1. The minimum atomic E-state index is 0.634. The first-order chi connectivity index (χ1) is 10.7. The summed E-state index contributed by atoms with van der Waals surface area (Å²) in [6.07, 6.45) is 9.98. The molecule has 1 N–H and O–H groups in total. The summed E-state index contributed by atoms with van der Waals surface area (Å²) >= 11 is 3.70. The molecular weight excluding hydrogens is 338 g/mol. The highest BCUT2D eigenvalue weighted by molar-refractivity contribution is 9.12. The van der Waals surface area contributed by atoms with E-state index in [0.717, 1.165) is 49.2 Å². The lowest BCUT2D eigenvalue weighted by molar-refractivity contribution is 0.188. The minimum Gasteiger partial charge on any atom is -0.362 e. The first-order valence-electron chi connectivity index (χ1n) is 7.74. The van der Waals surface area contributed by atoms with Gasteiger partial charge in [-0.15, -0.1) is 6.58 Å². The number of hydrogen-bond donors (Lipinski definition) is 1. The van der Waals surface area contributed by atoms with Crippen molar-refractivity contribution >= 4 is 22.1 Å². The van der Waals surface area contributed by atoms with Crippen molar-refractivity contribution in [2.24, 2.45) is 0 Å². The van der Waals surface area contributed by atoms with Gasteiger partial charge >= 0.3 is 0 Å². The van der Waals surface area contributed by atoms with E-state index in [4.69, 9.17) is 5.41 Å². The molecule has 0 spiro atoms. The van der Waals surface area contributed by atoms with E-state index in [1.165, 1.54) is 17.4 Å². The zero-order valence-electron chi connectivity index (χ0n) is 13.2. The first kappa shape index (κ1) is 17.0. The Labute approximate surface area is 142 Å². The van der Waals surface area contributed by atoms with Crippen LogP contribution in [0.15, 0.2) is 51.9 Å². The molecule has 3 nitrogen and oxygen atoms in total. The monoisotopic (exact) mass is 361 g/mol. The average Bonchev–Trinajstić information content (AvgIpc) is 2.51. The van der Waals surface area contributed by atoms with Gasteiger partial charge in [-0.2, -0.15) is 0 Å². The first-order valence-corrected chi connectivity index (χ1v) is 8.53. The second kappa shape index (κ2) is 8.33. The summed E-state index contributed by atoms with van der Waals surface area (Å²) in [4.78, 5) is 4.76. The number of allylic oxidation sites excluding steroid dienone is 5. The lowest BCUT2D eigenvalue weighted by Crippen LogP contribution is -2.44. The zero-order chi connectivity index (χ0) is 15.9. The SMILES string of the molecule is C=CCC1=C(CC=N)C(N2CCN(C)CC2)=C=CCC=C1Br. The topological polar surface area (TPSA) is 30.3 Å². The van der Waals surface area contributed by atoms with Crippen molar-refractivity contribution in [1.29, 1.82) is 5.41 Å². The molecule has 22 heavy (non-hydrogen) atoms. The van der Waals surface area contributed by atoms with Gasteiger partial charge in [-0.05, 0) is 43.3 Å². The maximum absolute atomic E-state index is 7.59. The van der Waals surface area contributed by atoms with Crippen molar-refractivity contribution < 1.29 is 0 Å². The third-order valence-corrected chi connectivity index (χ3v) is 4.87. The molecule has 118 valence electrons. The van der Waals surface area contributed by atoms with Gasteiger partial charge in [-0.25, -0.2) is 0 Å². The Kier molecular flexibility index (Phi) is 6.44. The van der Waals surface area contributed by atoms with E-state index in [9.17, 15) is 0 Å². The molecule has 1 aliphatic carbocycles. The highest BCUT2D eigenvalue weighted by Gasteiger charge is 2.21. The van der Waals surface area contributed by atoms with Gasteiger partial charge in [0.1, 0.15) is 0 Å². The van der Waals surface area contributed by atoms with Crippen LogP contribution in [0.1, 0.15) is 19.3 Å². The van der Waals surface area contributed by atoms with Crippen molar-refractivity contribution in [2.75, 3.05) is 33.2 Å². The van der Waals surface area contributed by atoms with E-state index in [2.05, 4.69) is 57.2 Å². The Bertz CT molecular complexity index is 557. The van der Waals surface area contributed by atoms with Crippen molar-refractivity contribution in [3.63, 3.8) is 0 Å². The second-order valence-electron chi connectivity index (χ2n) is 5.63. The largest absolute Gasteiger partial charge is 0.362 e. The van der Waals surface area contributed by atoms with Crippen molar-refractivity contribution in [2.45, 2.75) is 19.3 Å². The van der Waals surface area contributed by atoms with Crippen LogP contribution >= 0.6 is 15.9 Å². The number of hydrogen-bond acceptors (Lipinski definition) is 3. The predicted octanol–water partition coefficient (Wildman–Crippen LogP) is 3.87. The van der Waals surface area contributed by atoms with Gasteiger partial charge in [0.15, 0.2) is 0 Å². The van der Waals surface area contributed by atoms with Crippen LogP contribution in [-0.4, -0.2) is 49.2 Å². The number of rotatable bonds is 5. The van der Waals surface area contributed by atoms with Crippen LogP contribution in [-0.2, 0) is 0 Å². The minimum absolute atomic E-state index is 0.634. The molecule has 1 saturated heterocycles. The average molecular weight is 362 g/mol. The Morgan fingerprint density at radius 3 is 2.64 bits per heavy atom. The lowest BCUT2D eigenvalue weighted by Gasteiger charge is -2.36. The van der Waals surface area contributed by atoms with Crippen LogP contribution in [0.5, 0.6) is 0 Å². The summed E-state index contributed by atoms with van der Waals surface area (Å²) in [5.41, 5.74) is 7.06. The molecule has 0 bridgehead atoms. The van der Waals surface area contributed by atoms with Gasteiger partial charge in [0, 0.05) is 37.1 Å². The van der Waals surface area contributed by atoms with Crippen molar-refractivity contribution in [3.8, 4) is 0 Å². The summed E-state index contributed by atoms with van der Waals surface area (Å²) in [5.74, 6) is 0. The van der Waals surface area contributed by atoms with E-state index in [1.54, 1.807) is 0 Å². The maximum atomic E-state index is 7.59. The molecule has 0 atom stereocenters. The Morgan fingerprint density at radius 2 is 2.00 bits per heavy atom. The maximum Gasteiger partial charge on any atom is 0.0837 e. The molecular formula is C18H24BrN3. The fourth-order valence-electron chi connectivity index (χ4n) is 2.81. The molecule has 1 fully saturated rings. The van der Waals surface area contributed by atoms with E-state index in [-0.39, 0.29) is 0 Å². The lowest BCUT2D eigenvalue weighted by atomic mass is 9.96. The summed E-state index contributed by atoms with van der Waals surface area (Å²) in [5, 5.41) is 7.59. The van der Waals surface area contributed by atoms with E-state index in [0.29, 0.717) is 6.42 Å². The number of nitrogens with zero attached hydrogens (tertiary/aromatic N) is 2. The van der Waals surface area contributed by atoms with Crippen LogP contribution in [0, 0.1) is 5.41 Å². The van der Waals surface area contributed by atoms with Crippen LogP contribution in [0.25, 0.3) is 0 Å². The summed E-state index contributed by atoms with van der Waals surface area (Å²) < 4.78 is 1.12. The molecule has 1 aliphatic heterocycles. The van der Waals surface area contributed by atoms with Crippen LogP contribution in [0.2, 0.25) is 0 Å². The summed E-state index contributed by atoms with van der Waals surface area (Å²) in [6.45, 7) is 8.04. The third kappa shape index (κ3) is 4.10. The molecule has 0 unspecified atom stereocenters. The molecule has 0 radical (unpaired) electrons. The molecule has 1 heterocycles. The van der Waals surface area contributed by atoms with Gasteiger partial charge < -0.3 is 15.2 Å². The van der Waals surface area contributed by atoms with Gasteiger partial charge in [-0.3, -0.25) is 0 Å². The number of nitrogens with one attached hydrogen (secondary N) is 1. The van der Waals surface area contributed by atoms with Gasteiger partial charge in [0.25, 0.3) is 0 Å². The molecule has 4 heteroatoms. The molecule has 0 aromatic heterocycles. The fourth-order valence-corrected chi connectivity index (χ4v) is 3.40. The van der Waals surface area contributed by atoms with Gasteiger partial charge in [0.05, 0.1) is 5.70 Å². The quantitative estimate of drug-likeness (QED) is 0.457. The van der Waals surface area contributed by atoms with E-state index >= 15 is 0 Å². The Hall–Kier alpha value is -1.35. The second-order valence-corrected chi connectivity index (χ2v) is 6.49. The van der Waals surface area contributed by atoms with Crippen molar-refractivity contribution in [1.82, 2.24) is 9.80 Å². The molecule has 0 saturated carbocycles. The highest BCUT2D eigenvalue weighted by atomic mass is 79.9. The molecule has 2 rings (SSSR count). The zero-order valence-corrected chi connectivity index (χ0v) is 14.8. The predicted molar refractivity (Wildman–Crippen MR) is 97.5 cm³/mol. The number of likely N-dealkylation sites (N-methyl/N-ethyl adjacent to an activating group) is 1. The fraction of sp³-hybridized carbons (Fsp3) is 0.444. The Balaban J connectivity index is 2.44. The molecule has 2 aliphatic rings. The van der Waals surface area contributed by atoms with Crippen molar-refractivity contribution in [3.05, 3.63) is 51.9 Å². The van der Waals surface area contributed by atoms with Crippen LogP contribution in [0.3, 0.4) is 0 Å². The van der Waals surface area contributed by atoms with Crippen LogP contribution < -0.4 is 0 Å².